The predicted octanol–water partition coefficient (Wildman–Crippen LogP) is 1.35. The maximum absolute atomic E-state index is 12.8. The van der Waals surface area contributed by atoms with Gasteiger partial charge in [-0.15, -0.1) is 0 Å². The van der Waals surface area contributed by atoms with Crippen molar-refractivity contribution in [2.75, 3.05) is 18.9 Å². The van der Waals surface area contributed by atoms with Gasteiger partial charge in [0, 0.05) is 23.3 Å². The van der Waals surface area contributed by atoms with Gasteiger partial charge < -0.3 is 10.8 Å². The lowest BCUT2D eigenvalue weighted by Crippen LogP contribution is -2.42. The molecule has 2 rings (SSSR count). The number of aliphatic hydroxyl groups excluding tert-OH is 1. The lowest BCUT2D eigenvalue weighted by molar-refractivity contribution is 0.186. The van der Waals surface area contributed by atoms with Crippen LogP contribution in [0.3, 0.4) is 0 Å². The zero-order valence-electron chi connectivity index (χ0n) is 11.0. The smallest absolute Gasteiger partial charge is 0.247 e. The van der Waals surface area contributed by atoms with Crippen LogP contribution < -0.4 is 5.73 Å². The van der Waals surface area contributed by atoms with E-state index in [1.807, 2.05) is 0 Å². The number of nitrogens with zero attached hydrogens (tertiary/aromatic N) is 2. The van der Waals surface area contributed by atoms with Crippen LogP contribution in [-0.4, -0.2) is 42.0 Å². The molecule has 0 bridgehead atoms. The van der Waals surface area contributed by atoms with Gasteiger partial charge in [-0.05, 0) is 34.8 Å². The zero-order valence-corrected chi connectivity index (χ0v) is 13.4. The molecular formula is C12H18BrN3O3S. The first kappa shape index (κ1) is 15.7. The fraction of sp³-hybridized carbons (Fsp3) is 0.583. The number of halogens is 1. The molecule has 8 heteroatoms. The maximum Gasteiger partial charge on any atom is 0.247 e. The summed E-state index contributed by atoms with van der Waals surface area (Å²) in [6, 6.07) is 1.07. The van der Waals surface area contributed by atoms with Crippen molar-refractivity contribution in [3.05, 3.63) is 16.7 Å². The average molecular weight is 364 g/mol. The second-order valence-corrected chi connectivity index (χ2v) is 7.61. The van der Waals surface area contributed by atoms with Gasteiger partial charge in [-0.25, -0.2) is 13.4 Å². The number of rotatable bonds is 3. The Morgan fingerprint density at radius 1 is 1.45 bits per heavy atom. The average Bonchev–Trinajstić information content (AvgIpc) is 2.66. The van der Waals surface area contributed by atoms with Crippen LogP contribution in [0.15, 0.2) is 21.6 Å². The van der Waals surface area contributed by atoms with E-state index in [-0.39, 0.29) is 23.4 Å². The molecule has 0 spiro atoms. The molecule has 1 fully saturated rings. The Kier molecular flexibility index (Phi) is 5.00. The Labute approximate surface area is 127 Å². The fourth-order valence-electron chi connectivity index (χ4n) is 2.41. The van der Waals surface area contributed by atoms with Gasteiger partial charge >= 0.3 is 0 Å². The van der Waals surface area contributed by atoms with E-state index < -0.39 is 10.0 Å². The van der Waals surface area contributed by atoms with Crippen molar-refractivity contribution in [2.45, 2.75) is 36.6 Å². The monoisotopic (exact) mass is 363 g/mol. The third-order valence-electron chi connectivity index (χ3n) is 3.47. The van der Waals surface area contributed by atoms with Crippen molar-refractivity contribution in [2.24, 2.45) is 0 Å². The molecule has 1 aliphatic heterocycles. The molecule has 2 heterocycles. The molecule has 1 unspecified atom stereocenters. The number of aromatic nitrogens is 1. The second kappa shape index (κ2) is 6.38. The molecule has 6 nitrogen and oxygen atoms in total. The van der Waals surface area contributed by atoms with Crippen LogP contribution in [-0.2, 0) is 10.0 Å². The molecule has 1 aliphatic rings. The number of pyridine rings is 1. The minimum Gasteiger partial charge on any atom is -0.395 e. The summed E-state index contributed by atoms with van der Waals surface area (Å²) in [6.07, 6.45) is 4.80. The first-order valence-electron chi connectivity index (χ1n) is 6.50. The van der Waals surface area contributed by atoms with E-state index in [0.717, 1.165) is 19.3 Å². The first-order valence-corrected chi connectivity index (χ1v) is 8.74. The summed E-state index contributed by atoms with van der Waals surface area (Å²) in [7, 11) is -3.74. The molecule has 0 aromatic carbocycles. The molecule has 1 atom stereocenters. The van der Waals surface area contributed by atoms with E-state index in [9.17, 15) is 13.5 Å². The Morgan fingerprint density at radius 3 is 2.90 bits per heavy atom. The largest absolute Gasteiger partial charge is 0.395 e. The van der Waals surface area contributed by atoms with Crippen molar-refractivity contribution in [3.63, 3.8) is 0 Å². The van der Waals surface area contributed by atoms with E-state index in [1.54, 1.807) is 0 Å². The van der Waals surface area contributed by atoms with Gasteiger partial charge in [0.1, 0.15) is 10.7 Å². The highest BCUT2D eigenvalue weighted by molar-refractivity contribution is 9.10. The van der Waals surface area contributed by atoms with E-state index >= 15 is 0 Å². The summed E-state index contributed by atoms with van der Waals surface area (Å²) >= 11 is 3.21. The van der Waals surface area contributed by atoms with Crippen molar-refractivity contribution in [3.8, 4) is 0 Å². The SMILES string of the molecule is Nc1ncc(Br)cc1S(=O)(=O)N1CCCCCC1CO. The van der Waals surface area contributed by atoms with Gasteiger partial charge in [0.2, 0.25) is 10.0 Å². The second-order valence-electron chi connectivity index (χ2n) is 4.84. The Morgan fingerprint density at radius 2 is 2.20 bits per heavy atom. The molecule has 0 aliphatic carbocycles. The van der Waals surface area contributed by atoms with E-state index in [0.29, 0.717) is 17.4 Å². The van der Waals surface area contributed by atoms with Crippen molar-refractivity contribution >= 4 is 31.8 Å². The summed E-state index contributed by atoms with van der Waals surface area (Å²) < 4.78 is 27.4. The van der Waals surface area contributed by atoms with Gasteiger partial charge in [0.15, 0.2) is 0 Å². The van der Waals surface area contributed by atoms with Gasteiger partial charge in [-0.2, -0.15) is 4.31 Å². The van der Waals surface area contributed by atoms with Crippen molar-refractivity contribution in [1.29, 1.82) is 0 Å². The van der Waals surface area contributed by atoms with E-state index in [4.69, 9.17) is 5.73 Å². The first-order chi connectivity index (χ1) is 9.46. The van der Waals surface area contributed by atoms with Crippen molar-refractivity contribution in [1.82, 2.24) is 9.29 Å². The van der Waals surface area contributed by atoms with Gasteiger partial charge in [0.05, 0.1) is 6.61 Å². The highest BCUT2D eigenvalue weighted by Crippen LogP contribution is 2.28. The third-order valence-corrected chi connectivity index (χ3v) is 5.88. The Balaban J connectivity index is 2.44. The molecule has 1 aromatic heterocycles. The summed E-state index contributed by atoms with van der Waals surface area (Å²) in [5.41, 5.74) is 5.71. The number of hydrogen-bond donors (Lipinski definition) is 2. The Bertz CT molecular complexity index is 579. The highest BCUT2D eigenvalue weighted by Gasteiger charge is 2.33. The number of nitrogen functional groups attached to an aromatic ring is 1. The summed E-state index contributed by atoms with van der Waals surface area (Å²) in [6.45, 7) is 0.222. The molecule has 0 radical (unpaired) electrons. The molecule has 1 saturated heterocycles. The van der Waals surface area contributed by atoms with Gasteiger partial charge in [-0.3, -0.25) is 0 Å². The van der Waals surface area contributed by atoms with Gasteiger partial charge in [0.25, 0.3) is 0 Å². The third kappa shape index (κ3) is 3.13. The van der Waals surface area contributed by atoms with Crippen LogP contribution in [0.1, 0.15) is 25.7 Å². The van der Waals surface area contributed by atoms with Crippen LogP contribution in [0.4, 0.5) is 5.82 Å². The van der Waals surface area contributed by atoms with Crippen LogP contribution in [0.5, 0.6) is 0 Å². The molecule has 0 amide bonds. The molecule has 1 aromatic rings. The maximum atomic E-state index is 12.8. The number of aliphatic hydroxyl groups is 1. The summed E-state index contributed by atoms with van der Waals surface area (Å²) in [5, 5.41) is 9.46. The van der Waals surface area contributed by atoms with Gasteiger partial charge in [-0.1, -0.05) is 12.8 Å². The molecule has 0 saturated carbocycles. The molecule has 3 N–H and O–H groups in total. The van der Waals surface area contributed by atoms with Crippen molar-refractivity contribution < 1.29 is 13.5 Å². The van der Waals surface area contributed by atoms with Crippen LogP contribution >= 0.6 is 15.9 Å². The fourth-order valence-corrected chi connectivity index (χ4v) is 4.68. The van der Waals surface area contributed by atoms with Crippen LogP contribution in [0.25, 0.3) is 0 Å². The minimum absolute atomic E-state index is 0.00720. The minimum atomic E-state index is -3.74. The normalized spacial score (nSPS) is 21.6. The standard InChI is InChI=1S/C12H18BrN3O3S/c13-9-6-11(12(14)15-7-9)20(18,19)16-5-3-1-2-4-10(16)8-17/h6-7,10,17H,1-5,8H2,(H2,14,15). The number of hydrogen-bond acceptors (Lipinski definition) is 5. The van der Waals surface area contributed by atoms with Crippen LogP contribution in [0, 0.1) is 0 Å². The molecular weight excluding hydrogens is 346 g/mol. The molecule has 112 valence electrons. The Hall–Kier alpha value is -0.700. The van der Waals surface area contributed by atoms with Crippen LogP contribution in [0.2, 0.25) is 0 Å². The predicted molar refractivity (Wildman–Crippen MR) is 79.6 cm³/mol. The van der Waals surface area contributed by atoms with E-state index in [1.165, 1.54) is 16.6 Å². The summed E-state index contributed by atoms with van der Waals surface area (Å²) in [4.78, 5) is 3.87. The lowest BCUT2D eigenvalue weighted by Gasteiger charge is -2.28. The number of anilines is 1. The summed E-state index contributed by atoms with van der Waals surface area (Å²) in [5.74, 6) is -0.0193. The number of nitrogens with two attached hydrogens (primary N) is 1. The van der Waals surface area contributed by atoms with E-state index in [2.05, 4.69) is 20.9 Å². The molecule has 20 heavy (non-hydrogen) atoms. The highest BCUT2D eigenvalue weighted by atomic mass is 79.9. The zero-order chi connectivity index (χ0) is 14.8. The lowest BCUT2D eigenvalue weighted by atomic mass is 10.1. The quantitative estimate of drug-likeness (QED) is 0.844. The topological polar surface area (TPSA) is 96.5 Å². The number of sulfonamides is 1.